The summed E-state index contributed by atoms with van der Waals surface area (Å²) in [5.74, 6) is 1.33. The molecule has 0 spiro atoms. The van der Waals surface area contributed by atoms with Crippen molar-refractivity contribution in [3.63, 3.8) is 0 Å². The third-order valence-corrected chi connectivity index (χ3v) is 4.14. The standard InChI is InChI=1S/C16H21N3O3/c1-21-16(20)15-4-3-14(22-15)12-18-9-5-13(6-10-18)11-19-8-2-7-17-19/h2-4,7-8,13H,5-6,9-12H2,1H3. The normalized spacial score (nSPS) is 16.8. The lowest BCUT2D eigenvalue weighted by molar-refractivity contribution is 0.0560. The number of carbonyl (C=O) groups excluding carboxylic acids is 1. The molecule has 22 heavy (non-hydrogen) atoms. The zero-order valence-corrected chi connectivity index (χ0v) is 12.8. The Hall–Kier alpha value is -2.08. The summed E-state index contributed by atoms with van der Waals surface area (Å²) in [6.07, 6.45) is 6.16. The summed E-state index contributed by atoms with van der Waals surface area (Å²) in [5.41, 5.74) is 0. The molecular weight excluding hydrogens is 282 g/mol. The highest BCUT2D eigenvalue weighted by atomic mass is 16.5. The van der Waals surface area contributed by atoms with Crippen LogP contribution in [0.5, 0.6) is 0 Å². The van der Waals surface area contributed by atoms with Crippen LogP contribution in [0.1, 0.15) is 29.2 Å². The van der Waals surface area contributed by atoms with Gasteiger partial charge in [0.25, 0.3) is 0 Å². The van der Waals surface area contributed by atoms with Crippen LogP contribution < -0.4 is 0 Å². The monoisotopic (exact) mass is 303 g/mol. The fourth-order valence-corrected chi connectivity index (χ4v) is 2.89. The number of carbonyl (C=O) groups is 1. The van der Waals surface area contributed by atoms with Crippen LogP contribution in [-0.4, -0.2) is 40.8 Å². The molecule has 3 heterocycles. The summed E-state index contributed by atoms with van der Waals surface area (Å²) in [4.78, 5) is 13.7. The number of nitrogens with zero attached hydrogens (tertiary/aromatic N) is 3. The molecule has 6 nitrogen and oxygen atoms in total. The fraction of sp³-hybridized carbons (Fsp3) is 0.500. The van der Waals surface area contributed by atoms with Gasteiger partial charge in [0.15, 0.2) is 0 Å². The maximum atomic E-state index is 11.4. The van der Waals surface area contributed by atoms with Gasteiger partial charge in [0, 0.05) is 18.9 Å². The van der Waals surface area contributed by atoms with Gasteiger partial charge in [-0.25, -0.2) is 4.79 Å². The maximum absolute atomic E-state index is 11.4. The summed E-state index contributed by atoms with van der Waals surface area (Å²) >= 11 is 0. The first-order valence-corrected chi connectivity index (χ1v) is 7.61. The summed E-state index contributed by atoms with van der Waals surface area (Å²) in [6.45, 7) is 3.82. The Kier molecular flexibility index (Phi) is 4.58. The number of rotatable bonds is 5. The van der Waals surface area contributed by atoms with Crippen molar-refractivity contribution in [2.45, 2.75) is 25.9 Å². The van der Waals surface area contributed by atoms with Crippen molar-refractivity contribution in [2.75, 3.05) is 20.2 Å². The second-order valence-electron chi connectivity index (χ2n) is 5.71. The molecule has 1 saturated heterocycles. The minimum absolute atomic E-state index is 0.270. The summed E-state index contributed by atoms with van der Waals surface area (Å²) < 4.78 is 12.2. The summed E-state index contributed by atoms with van der Waals surface area (Å²) in [5, 5.41) is 4.27. The Morgan fingerprint density at radius 3 is 2.91 bits per heavy atom. The molecule has 0 saturated carbocycles. The second-order valence-corrected chi connectivity index (χ2v) is 5.71. The van der Waals surface area contributed by atoms with Crippen molar-refractivity contribution < 1.29 is 13.9 Å². The molecule has 0 atom stereocenters. The molecule has 1 fully saturated rings. The molecule has 1 aliphatic rings. The van der Waals surface area contributed by atoms with E-state index in [1.54, 1.807) is 6.07 Å². The fourth-order valence-electron chi connectivity index (χ4n) is 2.89. The SMILES string of the molecule is COC(=O)c1ccc(CN2CCC(Cn3cccn3)CC2)o1. The summed E-state index contributed by atoms with van der Waals surface area (Å²) in [6, 6.07) is 5.48. The maximum Gasteiger partial charge on any atom is 0.373 e. The van der Waals surface area contributed by atoms with Crippen LogP contribution in [0.3, 0.4) is 0 Å². The molecule has 2 aromatic rings. The molecule has 0 aromatic carbocycles. The molecule has 0 radical (unpaired) electrons. The quantitative estimate of drug-likeness (QED) is 0.792. The minimum atomic E-state index is -0.427. The number of furan rings is 1. The third kappa shape index (κ3) is 3.57. The number of hydrogen-bond acceptors (Lipinski definition) is 5. The first-order valence-electron chi connectivity index (χ1n) is 7.61. The van der Waals surface area contributed by atoms with Crippen molar-refractivity contribution >= 4 is 5.97 Å². The number of likely N-dealkylation sites (tertiary alicyclic amines) is 1. The van der Waals surface area contributed by atoms with Gasteiger partial charge in [-0.1, -0.05) is 0 Å². The average Bonchev–Trinajstić information content (AvgIpc) is 3.20. The van der Waals surface area contributed by atoms with E-state index in [4.69, 9.17) is 4.42 Å². The topological polar surface area (TPSA) is 60.5 Å². The van der Waals surface area contributed by atoms with Gasteiger partial charge < -0.3 is 9.15 Å². The number of hydrogen-bond donors (Lipinski definition) is 0. The van der Waals surface area contributed by atoms with Crippen molar-refractivity contribution in [3.8, 4) is 0 Å². The molecule has 0 aliphatic carbocycles. The molecule has 0 unspecified atom stereocenters. The smallest absolute Gasteiger partial charge is 0.373 e. The van der Waals surface area contributed by atoms with Crippen molar-refractivity contribution in [3.05, 3.63) is 42.1 Å². The Morgan fingerprint density at radius 2 is 2.23 bits per heavy atom. The predicted molar refractivity (Wildman–Crippen MR) is 80.3 cm³/mol. The molecule has 118 valence electrons. The van der Waals surface area contributed by atoms with Gasteiger partial charge in [0.2, 0.25) is 5.76 Å². The van der Waals surface area contributed by atoms with Gasteiger partial charge in [-0.15, -0.1) is 0 Å². The number of piperidine rings is 1. The van der Waals surface area contributed by atoms with Crippen molar-refractivity contribution in [2.24, 2.45) is 5.92 Å². The van der Waals surface area contributed by atoms with E-state index in [9.17, 15) is 4.79 Å². The Bertz CT molecular complexity index is 598. The molecular formula is C16H21N3O3. The van der Waals surface area contributed by atoms with Gasteiger partial charge in [0.05, 0.1) is 13.7 Å². The number of methoxy groups -OCH3 is 1. The molecule has 1 aliphatic heterocycles. The number of esters is 1. The third-order valence-electron chi connectivity index (χ3n) is 4.14. The highest BCUT2D eigenvalue weighted by molar-refractivity contribution is 5.86. The van der Waals surface area contributed by atoms with Crippen LogP contribution in [0.2, 0.25) is 0 Å². The van der Waals surface area contributed by atoms with Crippen LogP contribution in [0, 0.1) is 5.92 Å². The van der Waals surface area contributed by atoms with Crippen molar-refractivity contribution in [1.82, 2.24) is 14.7 Å². The molecule has 2 aromatic heterocycles. The van der Waals surface area contributed by atoms with Gasteiger partial charge >= 0.3 is 5.97 Å². The van der Waals surface area contributed by atoms with Crippen LogP contribution >= 0.6 is 0 Å². The van der Waals surface area contributed by atoms with E-state index >= 15 is 0 Å². The lowest BCUT2D eigenvalue weighted by Gasteiger charge is -2.31. The van der Waals surface area contributed by atoms with E-state index in [0.29, 0.717) is 5.92 Å². The molecule has 0 N–H and O–H groups in total. The lowest BCUT2D eigenvalue weighted by Crippen LogP contribution is -2.34. The van der Waals surface area contributed by atoms with E-state index in [2.05, 4.69) is 14.7 Å². The molecule has 6 heteroatoms. The Labute approximate surface area is 129 Å². The lowest BCUT2D eigenvalue weighted by atomic mass is 9.97. The van der Waals surface area contributed by atoms with Crippen LogP contribution in [-0.2, 0) is 17.8 Å². The summed E-state index contributed by atoms with van der Waals surface area (Å²) in [7, 11) is 1.36. The predicted octanol–water partition coefficient (Wildman–Crippen LogP) is 2.17. The van der Waals surface area contributed by atoms with E-state index in [-0.39, 0.29) is 5.76 Å². The average molecular weight is 303 g/mol. The molecule has 0 amide bonds. The Balaban J connectivity index is 1.47. The van der Waals surface area contributed by atoms with Crippen LogP contribution in [0.4, 0.5) is 0 Å². The zero-order valence-electron chi connectivity index (χ0n) is 12.8. The van der Waals surface area contributed by atoms with E-state index in [0.717, 1.165) is 44.8 Å². The number of ether oxygens (including phenoxy) is 1. The zero-order chi connectivity index (χ0) is 15.4. The number of aromatic nitrogens is 2. The first-order chi connectivity index (χ1) is 10.7. The highest BCUT2D eigenvalue weighted by Crippen LogP contribution is 2.21. The largest absolute Gasteiger partial charge is 0.463 e. The van der Waals surface area contributed by atoms with Gasteiger partial charge in [-0.05, 0) is 50.0 Å². The van der Waals surface area contributed by atoms with Gasteiger partial charge in [0.1, 0.15) is 5.76 Å². The van der Waals surface area contributed by atoms with Gasteiger partial charge in [-0.3, -0.25) is 9.58 Å². The van der Waals surface area contributed by atoms with Crippen LogP contribution in [0.15, 0.2) is 35.0 Å². The Morgan fingerprint density at radius 1 is 1.41 bits per heavy atom. The highest BCUT2D eigenvalue weighted by Gasteiger charge is 2.21. The van der Waals surface area contributed by atoms with Crippen LogP contribution in [0.25, 0.3) is 0 Å². The van der Waals surface area contributed by atoms with E-state index in [1.165, 1.54) is 7.11 Å². The molecule has 0 bridgehead atoms. The van der Waals surface area contributed by atoms with Crippen molar-refractivity contribution in [1.29, 1.82) is 0 Å². The van der Waals surface area contributed by atoms with E-state index < -0.39 is 5.97 Å². The first kappa shape index (κ1) is 14.8. The molecule has 3 rings (SSSR count). The minimum Gasteiger partial charge on any atom is -0.463 e. The van der Waals surface area contributed by atoms with Gasteiger partial charge in [-0.2, -0.15) is 5.10 Å². The van der Waals surface area contributed by atoms with E-state index in [1.807, 2.05) is 29.2 Å². The second kappa shape index (κ2) is 6.79.